The van der Waals surface area contributed by atoms with Gasteiger partial charge in [-0.25, -0.2) is 4.68 Å². The Morgan fingerprint density at radius 2 is 1.75 bits per heavy atom. The summed E-state index contributed by atoms with van der Waals surface area (Å²) in [6.45, 7) is 8.27. The van der Waals surface area contributed by atoms with E-state index in [9.17, 15) is 4.79 Å². The maximum absolute atomic E-state index is 12.7. The van der Waals surface area contributed by atoms with Crippen LogP contribution in [-0.2, 0) is 6.54 Å². The summed E-state index contributed by atoms with van der Waals surface area (Å²) in [5.74, 6) is 0.475. The Bertz CT molecular complexity index is 961. The molecule has 0 radical (unpaired) electrons. The van der Waals surface area contributed by atoms with Crippen molar-refractivity contribution < 1.29 is 9.53 Å². The van der Waals surface area contributed by atoms with E-state index in [4.69, 9.17) is 16.3 Å². The first kappa shape index (κ1) is 20.0. The summed E-state index contributed by atoms with van der Waals surface area (Å²) in [6.07, 6.45) is 0.0984. The Morgan fingerprint density at radius 1 is 1.11 bits per heavy atom. The molecule has 5 nitrogen and oxygen atoms in total. The molecule has 6 heteroatoms. The quantitative estimate of drug-likeness (QED) is 0.618. The van der Waals surface area contributed by atoms with Gasteiger partial charge in [-0.05, 0) is 57.5 Å². The molecule has 0 aliphatic heterocycles. The molecule has 0 aliphatic rings. The van der Waals surface area contributed by atoms with Crippen LogP contribution in [0.4, 0.5) is 5.69 Å². The first-order valence-corrected chi connectivity index (χ1v) is 9.58. The lowest BCUT2D eigenvalue weighted by Gasteiger charge is -2.10. The number of hydrogen-bond acceptors (Lipinski definition) is 3. The predicted molar refractivity (Wildman–Crippen MR) is 112 cm³/mol. The van der Waals surface area contributed by atoms with Crippen LogP contribution in [0, 0.1) is 13.8 Å². The lowest BCUT2D eigenvalue weighted by atomic mass is 10.1. The summed E-state index contributed by atoms with van der Waals surface area (Å²) in [5, 5.41) is 7.64. The monoisotopic (exact) mass is 397 g/mol. The highest BCUT2D eigenvalue weighted by Gasteiger charge is 2.20. The van der Waals surface area contributed by atoms with Crippen LogP contribution in [-0.4, -0.2) is 21.8 Å². The zero-order valence-electron chi connectivity index (χ0n) is 16.5. The van der Waals surface area contributed by atoms with Crippen molar-refractivity contribution in [1.29, 1.82) is 0 Å². The molecule has 3 aromatic rings. The third-order valence-electron chi connectivity index (χ3n) is 4.23. The van der Waals surface area contributed by atoms with Crippen molar-refractivity contribution in [2.75, 3.05) is 5.32 Å². The summed E-state index contributed by atoms with van der Waals surface area (Å²) >= 11 is 6.47. The second kappa shape index (κ2) is 8.48. The van der Waals surface area contributed by atoms with Crippen molar-refractivity contribution in [2.24, 2.45) is 0 Å². The van der Waals surface area contributed by atoms with Gasteiger partial charge in [-0.15, -0.1) is 0 Å². The van der Waals surface area contributed by atoms with E-state index in [1.54, 1.807) is 23.7 Å². The minimum Gasteiger partial charge on any atom is -0.491 e. The molecule has 0 bridgehead atoms. The Hall–Kier alpha value is -2.79. The number of halogens is 1. The molecular formula is C22H24ClN3O2. The number of rotatable bonds is 6. The number of amides is 1. The van der Waals surface area contributed by atoms with Gasteiger partial charge in [0, 0.05) is 5.69 Å². The molecular weight excluding hydrogens is 374 g/mol. The Balaban J connectivity index is 1.74. The number of nitrogens with one attached hydrogen (secondary N) is 1. The van der Waals surface area contributed by atoms with Gasteiger partial charge in [0.25, 0.3) is 5.91 Å². The number of ether oxygens (including phenoxy) is 1. The zero-order valence-corrected chi connectivity index (χ0v) is 17.2. The molecule has 0 saturated carbocycles. The summed E-state index contributed by atoms with van der Waals surface area (Å²) in [6, 6.07) is 15.4. The summed E-state index contributed by atoms with van der Waals surface area (Å²) in [5.41, 5.74) is 3.91. The molecule has 146 valence electrons. The normalized spacial score (nSPS) is 10.9. The van der Waals surface area contributed by atoms with Gasteiger partial charge in [0.1, 0.15) is 10.9 Å². The highest BCUT2D eigenvalue weighted by atomic mass is 35.5. The van der Waals surface area contributed by atoms with E-state index in [-0.39, 0.29) is 12.0 Å². The predicted octanol–water partition coefficient (Wildman–Crippen LogP) is 5.24. The highest BCUT2D eigenvalue weighted by molar-refractivity contribution is 6.33. The van der Waals surface area contributed by atoms with Crippen molar-refractivity contribution in [2.45, 2.75) is 40.3 Å². The summed E-state index contributed by atoms with van der Waals surface area (Å²) in [4.78, 5) is 12.7. The van der Waals surface area contributed by atoms with Gasteiger partial charge in [-0.3, -0.25) is 4.79 Å². The van der Waals surface area contributed by atoms with E-state index >= 15 is 0 Å². The maximum Gasteiger partial charge on any atom is 0.260 e. The second-order valence-electron chi connectivity index (χ2n) is 7.04. The van der Waals surface area contributed by atoms with E-state index in [2.05, 4.69) is 10.4 Å². The molecule has 1 aromatic heterocycles. The summed E-state index contributed by atoms with van der Waals surface area (Å²) in [7, 11) is 0. The van der Waals surface area contributed by atoms with Gasteiger partial charge in [0.2, 0.25) is 0 Å². The van der Waals surface area contributed by atoms with Crippen LogP contribution in [0.5, 0.6) is 5.75 Å². The fourth-order valence-electron chi connectivity index (χ4n) is 2.87. The van der Waals surface area contributed by atoms with Gasteiger partial charge in [-0.2, -0.15) is 5.10 Å². The third kappa shape index (κ3) is 4.73. The van der Waals surface area contributed by atoms with Crippen LogP contribution in [0.2, 0.25) is 5.15 Å². The van der Waals surface area contributed by atoms with Crippen molar-refractivity contribution >= 4 is 23.2 Å². The molecule has 2 aromatic carbocycles. The molecule has 28 heavy (non-hydrogen) atoms. The van der Waals surface area contributed by atoms with Gasteiger partial charge in [0.05, 0.1) is 23.9 Å². The first-order chi connectivity index (χ1) is 13.3. The number of aromatic nitrogens is 2. The number of nitrogens with zero attached hydrogens (tertiary/aromatic N) is 2. The topological polar surface area (TPSA) is 56.2 Å². The van der Waals surface area contributed by atoms with Crippen molar-refractivity contribution in [3.8, 4) is 5.75 Å². The van der Waals surface area contributed by atoms with E-state index in [1.165, 1.54) is 5.56 Å². The van der Waals surface area contributed by atoms with Gasteiger partial charge >= 0.3 is 0 Å². The minimum atomic E-state index is -0.282. The van der Waals surface area contributed by atoms with Crippen molar-refractivity contribution in [1.82, 2.24) is 9.78 Å². The van der Waals surface area contributed by atoms with Crippen LogP contribution in [0.3, 0.4) is 0 Å². The van der Waals surface area contributed by atoms with Crippen molar-refractivity contribution in [3.05, 3.63) is 76.1 Å². The van der Waals surface area contributed by atoms with Crippen LogP contribution in [0.25, 0.3) is 0 Å². The SMILES string of the molecule is Cc1ccc(Cn2nc(C)c(C(=O)Nc3ccc(OC(C)C)cc3)c2Cl)cc1. The largest absolute Gasteiger partial charge is 0.491 e. The van der Waals surface area contributed by atoms with Gasteiger partial charge in [-0.1, -0.05) is 41.4 Å². The number of carbonyl (C=O) groups excluding carboxylic acids is 1. The Labute approximate surface area is 170 Å². The summed E-state index contributed by atoms with van der Waals surface area (Å²) < 4.78 is 7.27. The van der Waals surface area contributed by atoms with Crippen LogP contribution in [0.1, 0.15) is 41.0 Å². The average Bonchev–Trinajstić information content (AvgIpc) is 2.91. The zero-order chi connectivity index (χ0) is 20.3. The van der Waals surface area contributed by atoms with Gasteiger partial charge < -0.3 is 10.1 Å². The Morgan fingerprint density at radius 3 is 2.36 bits per heavy atom. The number of anilines is 1. The minimum absolute atomic E-state index is 0.0984. The first-order valence-electron chi connectivity index (χ1n) is 9.20. The molecule has 3 rings (SSSR count). The second-order valence-corrected chi connectivity index (χ2v) is 7.40. The lowest BCUT2D eigenvalue weighted by Crippen LogP contribution is -2.13. The maximum atomic E-state index is 12.7. The molecule has 0 fully saturated rings. The molecule has 1 N–H and O–H groups in total. The standard InChI is InChI=1S/C22H24ClN3O2/c1-14(2)28-19-11-9-18(10-12-19)24-22(27)20-16(4)25-26(21(20)23)13-17-7-5-15(3)6-8-17/h5-12,14H,13H2,1-4H3,(H,24,27). The highest BCUT2D eigenvalue weighted by Crippen LogP contribution is 2.23. The van der Waals surface area contributed by atoms with Crippen LogP contribution in [0.15, 0.2) is 48.5 Å². The van der Waals surface area contributed by atoms with Crippen molar-refractivity contribution in [3.63, 3.8) is 0 Å². The fourth-order valence-corrected chi connectivity index (χ4v) is 3.19. The number of benzene rings is 2. The lowest BCUT2D eigenvalue weighted by molar-refractivity contribution is 0.102. The molecule has 0 unspecified atom stereocenters. The van der Waals surface area contributed by atoms with E-state index < -0.39 is 0 Å². The molecule has 1 amide bonds. The molecule has 0 aliphatic carbocycles. The Kier molecular flexibility index (Phi) is 6.05. The third-order valence-corrected chi connectivity index (χ3v) is 4.61. The molecule has 1 heterocycles. The fraction of sp³-hybridized carbons (Fsp3) is 0.273. The molecule has 0 saturated heterocycles. The van der Waals surface area contributed by atoms with Crippen LogP contribution < -0.4 is 10.1 Å². The van der Waals surface area contributed by atoms with E-state index in [1.807, 2.05) is 57.2 Å². The molecule has 0 atom stereocenters. The van der Waals surface area contributed by atoms with E-state index in [0.717, 1.165) is 11.3 Å². The van der Waals surface area contributed by atoms with Crippen LogP contribution >= 0.6 is 11.6 Å². The number of aryl methyl sites for hydroxylation is 2. The van der Waals surface area contributed by atoms with E-state index in [0.29, 0.717) is 28.6 Å². The number of hydrogen-bond donors (Lipinski definition) is 1. The average molecular weight is 398 g/mol. The molecule has 0 spiro atoms. The van der Waals surface area contributed by atoms with Gasteiger partial charge in [0.15, 0.2) is 0 Å². The number of carbonyl (C=O) groups is 1. The smallest absolute Gasteiger partial charge is 0.260 e.